The highest BCUT2D eigenvalue weighted by Gasteiger charge is 2.14. The fourth-order valence-corrected chi connectivity index (χ4v) is 2.97. The third-order valence-electron chi connectivity index (χ3n) is 3.99. The summed E-state index contributed by atoms with van der Waals surface area (Å²) in [6, 6.07) is 21.5. The van der Waals surface area contributed by atoms with E-state index in [9.17, 15) is 10.1 Å². The van der Waals surface area contributed by atoms with Gasteiger partial charge in [-0.1, -0.05) is 36.4 Å². The number of ether oxygens (including phenoxy) is 1. The van der Waals surface area contributed by atoms with Crippen LogP contribution < -0.4 is 15.4 Å². The Kier molecular flexibility index (Phi) is 6.18. The van der Waals surface area contributed by atoms with E-state index in [2.05, 4.69) is 10.6 Å². The second-order valence-electron chi connectivity index (χ2n) is 5.86. The SMILES string of the molecule is CCOc1ccccc1NC(=S)Nc1ccc(-c2ccccc2[N+](=O)[O-])cc1. The van der Waals surface area contributed by atoms with Gasteiger partial charge in [0.2, 0.25) is 0 Å². The molecule has 0 saturated heterocycles. The first kappa shape index (κ1) is 19.3. The predicted molar refractivity (Wildman–Crippen MR) is 116 cm³/mol. The molecule has 28 heavy (non-hydrogen) atoms. The highest BCUT2D eigenvalue weighted by atomic mass is 32.1. The summed E-state index contributed by atoms with van der Waals surface area (Å²) in [5.74, 6) is 0.723. The molecular formula is C21H19N3O3S. The topological polar surface area (TPSA) is 76.4 Å². The molecule has 0 aliphatic rings. The van der Waals surface area contributed by atoms with Crippen molar-refractivity contribution in [2.75, 3.05) is 17.2 Å². The van der Waals surface area contributed by atoms with Gasteiger partial charge in [0.1, 0.15) is 5.75 Å². The zero-order valence-corrected chi connectivity index (χ0v) is 16.0. The van der Waals surface area contributed by atoms with E-state index in [-0.39, 0.29) is 10.6 Å². The normalized spacial score (nSPS) is 10.2. The Morgan fingerprint density at radius 3 is 2.39 bits per heavy atom. The minimum absolute atomic E-state index is 0.0768. The maximum Gasteiger partial charge on any atom is 0.277 e. The molecule has 3 rings (SSSR count). The monoisotopic (exact) mass is 393 g/mol. The van der Waals surface area contributed by atoms with E-state index in [4.69, 9.17) is 17.0 Å². The van der Waals surface area contributed by atoms with Crippen molar-refractivity contribution in [3.8, 4) is 16.9 Å². The van der Waals surface area contributed by atoms with Crippen LogP contribution in [0.3, 0.4) is 0 Å². The Bertz CT molecular complexity index is 990. The molecule has 0 radical (unpaired) electrons. The number of nitrogens with zero attached hydrogens (tertiary/aromatic N) is 1. The molecule has 3 aromatic rings. The second kappa shape index (κ2) is 8.96. The van der Waals surface area contributed by atoms with Crippen LogP contribution in [0.5, 0.6) is 5.75 Å². The number of hydrogen-bond donors (Lipinski definition) is 2. The van der Waals surface area contributed by atoms with Crippen molar-refractivity contribution in [3.63, 3.8) is 0 Å². The number of nitro benzene ring substituents is 1. The summed E-state index contributed by atoms with van der Waals surface area (Å²) in [6.45, 7) is 2.48. The zero-order valence-electron chi connectivity index (χ0n) is 15.2. The Morgan fingerprint density at radius 2 is 1.68 bits per heavy atom. The van der Waals surface area contributed by atoms with Crippen LogP contribution in [0.25, 0.3) is 11.1 Å². The molecule has 0 atom stereocenters. The lowest BCUT2D eigenvalue weighted by molar-refractivity contribution is -0.384. The predicted octanol–water partition coefficient (Wildman–Crippen LogP) is 5.47. The Hall–Kier alpha value is -3.45. The molecule has 6 nitrogen and oxygen atoms in total. The summed E-state index contributed by atoms with van der Waals surface area (Å²) < 4.78 is 5.58. The van der Waals surface area contributed by atoms with Gasteiger partial charge in [-0.25, -0.2) is 0 Å². The number of nitro groups is 1. The summed E-state index contributed by atoms with van der Waals surface area (Å²) in [6.07, 6.45) is 0. The minimum atomic E-state index is -0.379. The number of thiocarbonyl (C=S) groups is 1. The van der Waals surface area contributed by atoms with Gasteiger partial charge in [-0.05, 0) is 55.0 Å². The molecule has 142 valence electrons. The van der Waals surface area contributed by atoms with Gasteiger partial charge in [-0.15, -0.1) is 0 Å². The number of para-hydroxylation sites is 3. The number of rotatable bonds is 6. The molecule has 0 unspecified atom stereocenters. The van der Waals surface area contributed by atoms with Crippen molar-refractivity contribution in [1.29, 1.82) is 0 Å². The van der Waals surface area contributed by atoms with Crippen LogP contribution in [0, 0.1) is 10.1 Å². The third kappa shape index (κ3) is 4.63. The molecular weight excluding hydrogens is 374 g/mol. The van der Waals surface area contributed by atoms with E-state index in [1.54, 1.807) is 18.2 Å². The summed E-state index contributed by atoms with van der Waals surface area (Å²) in [5.41, 5.74) is 2.96. The van der Waals surface area contributed by atoms with E-state index in [0.717, 1.165) is 22.7 Å². The van der Waals surface area contributed by atoms with Crippen molar-refractivity contribution in [3.05, 3.63) is 82.9 Å². The fraction of sp³-hybridized carbons (Fsp3) is 0.0952. The smallest absolute Gasteiger partial charge is 0.277 e. The maximum absolute atomic E-state index is 11.2. The molecule has 0 spiro atoms. The first-order valence-electron chi connectivity index (χ1n) is 8.72. The van der Waals surface area contributed by atoms with Crippen molar-refractivity contribution in [2.45, 2.75) is 6.92 Å². The van der Waals surface area contributed by atoms with Crippen LogP contribution in [0.2, 0.25) is 0 Å². The molecule has 0 fully saturated rings. The summed E-state index contributed by atoms with van der Waals surface area (Å²) >= 11 is 5.38. The number of hydrogen-bond acceptors (Lipinski definition) is 4. The number of nitrogens with one attached hydrogen (secondary N) is 2. The van der Waals surface area contributed by atoms with Crippen molar-refractivity contribution >= 4 is 34.4 Å². The quantitative estimate of drug-likeness (QED) is 0.329. The zero-order chi connectivity index (χ0) is 19.9. The molecule has 2 N–H and O–H groups in total. The van der Waals surface area contributed by atoms with E-state index < -0.39 is 0 Å². The van der Waals surface area contributed by atoms with E-state index in [0.29, 0.717) is 17.3 Å². The molecule has 0 saturated carbocycles. The summed E-state index contributed by atoms with van der Waals surface area (Å²) in [7, 11) is 0. The van der Waals surface area contributed by atoms with Gasteiger partial charge >= 0.3 is 0 Å². The van der Waals surface area contributed by atoms with Crippen molar-refractivity contribution < 1.29 is 9.66 Å². The number of anilines is 2. The van der Waals surface area contributed by atoms with Gasteiger partial charge < -0.3 is 15.4 Å². The lowest BCUT2D eigenvalue weighted by Crippen LogP contribution is -2.19. The van der Waals surface area contributed by atoms with Gasteiger partial charge in [0.15, 0.2) is 5.11 Å². The fourth-order valence-electron chi connectivity index (χ4n) is 2.75. The van der Waals surface area contributed by atoms with Crippen molar-refractivity contribution in [2.24, 2.45) is 0 Å². The van der Waals surface area contributed by atoms with Gasteiger partial charge in [-0.3, -0.25) is 10.1 Å². The molecule has 0 bridgehead atoms. The van der Waals surface area contributed by atoms with Gasteiger partial charge in [-0.2, -0.15) is 0 Å². The molecule has 7 heteroatoms. The average Bonchev–Trinajstić information content (AvgIpc) is 2.70. The van der Waals surface area contributed by atoms with E-state index >= 15 is 0 Å². The van der Waals surface area contributed by atoms with Crippen LogP contribution in [0.15, 0.2) is 72.8 Å². The van der Waals surface area contributed by atoms with Crippen LogP contribution in [0.1, 0.15) is 6.92 Å². The van der Waals surface area contributed by atoms with Gasteiger partial charge in [0.05, 0.1) is 22.8 Å². The molecule has 0 aliphatic carbocycles. The molecule has 0 aliphatic heterocycles. The van der Waals surface area contributed by atoms with E-state index in [1.807, 2.05) is 55.5 Å². The first-order valence-corrected chi connectivity index (χ1v) is 9.13. The van der Waals surface area contributed by atoms with Crippen molar-refractivity contribution in [1.82, 2.24) is 0 Å². The Labute approximate surface area is 168 Å². The first-order chi connectivity index (χ1) is 13.6. The summed E-state index contributed by atoms with van der Waals surface area (Å²) in [5, 5.41) is 17.9. The standard InChI is InChI=1S/C21H19N3O3S/c1-2-27-20-10-6-4-8-18(20)23-21(28)22-16-13-11-15(12-14-16)17-7-3-5-9-19(17)24(25)26/h3-14H,2H2,1H3,(H2,22,23,28). The Morgan fingerprint density at radius 1 is 1.00 bits per heavy atom. The largest absolute Gasteiger partial charge is 0.492 e. The maximum atomic E-state index is 11.2. The lowest BCUT2D eigenvalue weighted by Gasteiger charge is -2.14. The van der Waals surface area contributed by atoms with Gasteiger partial charge in [0, 0.05) is 11.8 Å². The van der Waals surface area contributed by atoms with Crippen LogP contribution in [-0.2, 0) is 0 Å². The molecule has 3 aromatic carbocycles. The molecule has 0 heterocycles. The third-order valence-corrected chi connectivity index (χ3v) is 4.19. The second-order valence-corrected chi connectivity index (χ2v) is 6.27. The Balaban J connectivity index is 1.71. The van der Waals surface area contributed by atoms with Crippen LogP contribution in [-0.4, -0.2) is 16.6 Å². The van der Waals surface area contributed by atoms with Gasteiger partial charge in [0.25, 0.3) is 5.69 Å². The summed E-state index contributed by atoms with van der Waals surface area (Å²) in [4.78, 5) is 10.8. The van der Waals surface area contributed by atoms with Crippen LogP contribution >= 0.6 is 12.2 Å². The number of benzene rings is 3. The molecule has 0 aromatic heterocycles. The van der Waals surface area contributed by atoms with E-state index in [1.165, 1.54) is 6.07 Å². The average molecular weight is 393 g/mol. The minimum Gasteiger partial charge on any atom is -0.492 e. The highest BCUT2D eigenvalue weighted by Crippen LogP contribution is 2.30. The highest BCUT2D eigenvalue weighted by molar-refractivity contribution is 7.80. The lowest BCUT2D eigenvalue weighted by atomic mass is 10.0. The van der Waals surface area contributed by atoms with Crippen LogP contribution in [0.4, 0.5) is 17.1 Å². The molecule has 0 amide bonds.